The largest absolute Gasteiger partial charge is 0.508 e. The van der Waals surface area contributed by atoms with E-state index in [-0.39, 0.29) is 42.5 Å². The first-order valence-electron chi connectivity index (χ1n) is 19.3. The van der Waals surface area contributed by atoms with Gasteiger partial charge < -0.3 is 66.2 Å². The number of aliphatic hydroxyl groups excluding tert-OH is 5. The number of carbonyl (C=O) groups is 2. The number of anilines is 1. The summed E-state index contributed by atoms with van der Waals surface area (Å²) in [4.78, 5) is 36.1. The monoisotopic (exact) mass is 816 g/mol. The van der Waals surface area contributed by atoms with Crippen LogP contribution in [0.3, 0.4) is 0 Å². The van der Waals surface area contributed by atoms with E-state index in [4.69, 9.17) is 15.2 Å². The van der Waals surface area contributed by atoms with Crippen molar-refractivity contribution in [1.29, 1.82) is 0 Å². The fraction of sp³-hybridized carbons (Fsp3) is 0.405. The van der Waals surface area contributed by atoms with E-state index in [9.17, 15) is 55.5 Å². The van der Waals surface area contributed by atoms with Crippen LogP contribution >= 0.6 is 0 Å². The number of phenols is 2. The summed E-state index contributed by atoms with van der Waals surface area (Å²) in [6, 6.07) is 14.6. The molecule has 1 saturated heterocycles. The number of nitrogens with one attached hydrogen (secondary N) is 1. The molecule has 0 spiro atoms. The van der Waals surface area contributed by atoms with Gasteiger partial charge in [-0.1, -0.05) is 42.8 Å². The number of aromatic nitrogens is 2. The molecule has 17 nitrogen and oxygen atoms in total. The van der Waals surface area contributed by atoms with Gasteiger partial charge in [0.15, 0.2) is 17.6 Å². The number of nitrogens with two attached hydrogens (primary N) is 1. The smallest absolute Gasteiger partial charge is 0.355 e. The van der Waals surface area contributed by atoms with Gasteiger partial charge >= 0.3 is 11.9 Å². The van der Waals surface area contributed by atoms with Crippen molar-refractivity contribution in [2.24, 2.45) is 5.73 Å². The quantitative estimate of drug-likeness (QED) is 0.0660. The second-order valence-electron chi connectivity index (χ2n) is 15.4. The summed E-state index contributed by atoms with van der Waals surface area (Å²) in [6.45, 7) is -1.01. The average molecular weight is 817 g/mol. The van der Waals surface area contributed by atoms with Gasteiger partial charge in [0, 0.05) is 60.2 Å². The van der Waals surface area contributed by atoms with Crippen molar-refractivity contribution in [1.82, 2.24) is 9.97 Å². The number of aromatic amines is 1. The molecule has 12 N–H and O–H groups in total. The third kappa shape index (κ3) is 7.79. The summed E-state index contributed by atoms with van der Waals surface area (Å²) in [5.74, 6) is -7.47. The topological polar surface area (TPSA) is 293 Å². The Kier molecular flexibility index (Phi) is 11.8. The molecule has 4 aromatic rings. The summed E-state index contributed by atoms with van der Waals surface area (Å²) in [6.07, 6.45) is -0.933. The Bertz CT molecular complexity index is 2200. The lowest BCUT2D eigenvalue weighted by Gasteiger charge is -2.44. The van der Waals surface area contributed by atoms with Crippen LogP contribution < -0.4 is 15.4 Å². The van der Waals surface area contributed by atoms with Crippen LogP contribution in [0.5, 0.6) is 17.2 Å². The molecular weight excluding hydrogens is 768 g/mol. The zero-order valence-corrected chi connectivity index (χ0v) is 31.8. The van der Waals surface area contributed by atoms with E-state index < -0.39 is 77.7 Å². The minimum absolute atomic E-state index is 0.0186. The zero-order chi connectivity index (χ0) is 42.2. The highest BCUT2D eigenvalue weighted by Gasteiger charge is 2.56. The number of amides is 1. The molecule has 9 unspecified atom stereocenters. The van der Waals surface area contributed by atoms with Crippen molar-refractivity contribution in [3.8, 4) is 17.2 Å². The van der Waals surface area contributed by atoms with E-state index in [0.717, 1.165) is 23.0 Å². The number of hydrogen-bond acceptors (Lipinski definition) is 14. The van der Waals surface area contributed by atoms with Crippen molar-refractivity contribution < 1.29 is 65.0 Å². The van der Waals surface area contributed by atoms with Crippen molar-refractivity contribution in [3.05, 3.63) is 107 Å². The van der Waals surface area contributed by atoms with E-state index in [0.29, 0.717) is 41.8 Å². The van der Waals surface area contributed by atoms with Crippen molar-refractivity contribution in [2.45, 2.75) is 92.3 Å². The van der Waals surface area contributed by atoms with Gasteiger partial charge in [0.2, 0.25) is 0 Å². The number of carboxylic acids is 1. The summed E-state index contributed by atoms with van der Waals surface area (Å²) < 4.78 is 10.8. The standard InChI is InChI=1S/C42H48N4O13/c43-34-7-4-13-41(34,24-5-2-1-3-6-24)19-26-25-17-31(50)32(58-42(57)39(54)38(53)37(52)33(20-48)59-42)18-29(25)46(36(26)40(55)56)35(51)11-9-22-8-10-30(49)23(15-22)16-28-27(12-14-47)44-21-45-28/h1-3,5-6,8-11,15,17-18,21,26,33-34,36-39,47-50,52-54,57H,4,7,12-14,16,19-20,43H2,(H,44,45)(H,55,56). The van der Waals surface area contributed by atoms with Gasteiger partial charge in [0.25, 0.3) is 5.91 Å². The average Bonchev–Trinajstić information content (AvgIpc) is 3.91. The van der Waals surface area contributed by atoms with Gasteiger partial charge in [-0.15, -0.1) is 0 Å². The molecule has 1 amide bonds. The molecule has 1 saturated carbocycles. The van der Waals surface area contributed by atoms with Gasteiger partial charge in [0.1, 0.15) is 30.1 Å². The van der Waals surface area contributed by atoms with Crippen LogP contribution in [0.25, 0.3) is 6.08 Å². The highest BCUT2D eigenvalue weighted by molar-refractivity contribution is 6.10. The number of ether oxygens (including phenoxy) is 2. The van der Waals surface area contributed by atoms with Crippen LogP contribution in [-0.2, 0) is 32.6 Å². The summed E-state index contributed by atoms with van der Waals surface area (Å²) in [5.41, 5.74) is 9.53. The molecule has 2 aliphatic heterocycles. The number of H-pyrrole nitrogens is 1. The number of benzene rings is 3. The molecule has 17 heteroatoms. The molecule has 0 bridgehead atoms. The number of nitrogens with zero attached hydrogens (tertiary/aromatic N) is 2. The van der Waals surface area contributed by atoms with Crippen LogP contribution in [0.4, 0.5) is 5.69 Å². The second-order valence-corrected chi connectivity index (χ2v) is 15.4. The number of hydrogen-bond donors (Lipinski definition) is 11. The lowest BCUT2D eigenvalue weighted by Crippen LogP contribution is -2.67. The molecule has 0 radical (unpaired) electrons. The van der Waals surface area contributed by atoms with Gasteiger partial charge in [-0.25, -0.2) is 9.78 Å². The number of aliphatic carboxylic acids is 1. The van der Waals surface area contributed by atoms with E-state index in [2.05, 4.69) is 9.97 Å². The zero-order valence-electron chi connectivity index (χ0n) is 31.8. The molecule has 1 aromatic heterocycles. The number of imidazole rings is 1. The van der Waals surface area contributed by atoms with Gasteiger partial charge in [-0.2, -0.15) is 0 Å². The molecule has 1 aliphatic carbocycles. The number of carbonyl (C=O) groups excluding carboxylic acids is 1. The Morgan fingerprint density at radius 3 is 2.47 bits per heavy atom. The molecule has 314 valence electrons. The number of rotatable bonds is 13. The van der Waals surface area contributed by atoms with E-state index in [1.54, 1.807) is 12.1 Å². The van der Waals surface area contributed by atoms with E-state index in [1.807, 2.05) is 30.3 Å². The first-order chi connectivity index (χ1) is 28.2. The maximum atomic E-state index is 14.4. The predicted octanol–water partition coefficient (Wildman–Crippen LogP) is 0.881. The third-order valence-electron chi connectivity index (χ3n) is 11.9. The Balaban J connectivity index is 1.29. The molecule has 7 rings (SSSR count). The van der Waals surface area contributed by atoms with Crippen LogP contribution in [0.1, 0.15) is 65.2 Å². The van der Waals surface area contributed by atoms with Gasteiger partial charge in [-0.3, -0.25) is 9.69 Å². The second kappa shape index (κ2) is 16.7. The summed E-state index contributed by atoms with van der Waals surface area (Å²) >= 11 is 0. The molecule has 59 heavy (non-hydrogen) atoms. The fourth-order valence-electron chi connectivity index (χ4n) is 8.89. The molecule has 3 aliphatic rings. The lowest BCUT2D eigenvalue weighted by molar-refractivity contribution is -0.422. The number of aromatic hydroxyl groups is 2. The van der Waals surface area contributed by atoms with Crippen molar-refractivity contribution in [3.63, 3.8) is 0 Å². The predicted molar refractivity (Wildman–Crippen MR) is 209 cm³/mol. The maximum absolute atomic E-state index is 14.4. The number of phenolic OH excluding ortho intramolecular Hbond substituents is 2. The maximum Gasteiger partial charge on any atom is 0.355 e. The first kappa shape index (κ1) is 41.8. The van der Waals surface area contributed by atoms with Gasteiger partial charge in [-0.05, 0) is 60.2 Å². The number of aliphatic hydroxyl groups is 6. The molecule has 3 heterocycles. The molecular formula is C42H48N4O13. The Labute approximate surface area is 338 Å². The van der Waals surface area contributed by atoms with Crippen LogP contribution in [0, 0.1) is 0 Å². The highest BCUT2D eigenvalue weighted by Crippen LogP contribution is 2.54. The Morgan fingerprint density at radius 1 is 1.03 bits per heavy atom. The number of fused-ring (bicyclic) bond motifs is 1. The highest BCUT2D eigenvalue weighted by atomic mass is 16.8. The fourth-order valence-corrected chi connectivity index (χ4v) is 8.89. The minimum Gasteiger partial charge on any atom is -0.508 e. The number of carboxylic acid groups (broad SMARTS) is 1. The Hall–Kier alpha value is -5.37. The van der Waals surface area contributed by atoms with E-state index >= 15 is 0 Å². The summed E-state index contributed by atoms with van der Waals surface area (Å²) in [5, 5.41) is 94.7. The third-order valence-corrected chi connectivity index (χ3v) is 11.9. The van der Waals surface area contributed by atoms with Crippen molar-refractivity contribution in [2.75, 3.05) is 18.1 Å². The van der Waals surface area contributed by atoms with Crippen LogP contribution in [0.2, 0.25) is 0 Å². The van der Waals surface area contributed by atoms with Crippen molar-refractivity contribution >= 4 is 23.6 Å². The van der Waals surface area contributed by atoms with Gasteiger partial charge in [0.05, 0.1) is 24.3 Å². The minimum atomic E-state index is -3.13. The SMILES string of the molecule is NC1CCCC1(CC1c2cc(O)c(OC3(O)OC(CO)C(O)C(O)C3O)cc2N(C(=O)C=Cc2ccc(O)c(Cc3[nH]cnc3CCO)c2)C1C(=O)O)c1ccccc1. The lowest BCUT2D eigenvalue weighted by atomic mass is 9.68. The molecule has 2 fully saturated rings. The van der Waals surface area contributed by atoms with Crippen LogP contribution in [0.15, 0.2) is 73.1 Å². The molecule has 9 atom stereocenters. The Morgan fingerprint density at radius 2 is 1.80 bits per heavy atom. The van der Waals surface area contributed by atoms with Crippen LogP contribution in [-0.4, -0.2) is 123 Å². The normalized spacial score (nSPS) is 29.2. The molecule has 3 aromatic carbocycles. The van der Waals surface area contributed by atoms with E-state index in [1.165, 1.54) is 30.6 Å². The summed E-state index contributed by atoms with van der Waals surface area (Å²) in [7, 11) is 0. The first-order valence-corrected chi connectivity index (χ1v) is 19.3.